The zero-order valence-electron chi connectivity index (χ0n) is 13.6. The molecular formula is C18H19IO5. The molecule has 2 aromatic rings. The minimum atomic E-state index is -0.833. The van der Waals surface area contributed by atoms with Gasteiger partial charge in [0.05, 0.1) is 17.8 Å². The van der Waals surface area contributed by atoms with Crippen molar-refractivity contribution in [3.8, 4) is 17.2 Å². The maximum Gasteiger partial charge on any atom is 0.300 e. The van der Waals surface area contributed by atoms with Crippen LogP contribution in [0.5, 0.6) is 17.2 Å². The summed E-state index contributed by atoms with van der Waals surface area (Å²) >= 11 is 2.13. The standard InChI is InChI=1S/C16H15IO3.C2H4O2/c1-19-13-8-11(9-14(10-13)20-2)6-7-12-4-3-5-15(18)16(12)17;1-2(3)4/h3-10,18H,1-2H3;1H3,(H,3,4). The second-order valence-corrected chi connectivity index (χ2v) is 5.76. The molecule has 128 valence electrons. The van der Waals surface area contributed by atoms with Crippen LogP contribution in [-0.4, -0.2) is 30.4 Å². The average Bonchev–Trinajstić information content (AvgIpc) is 2.55. The van der Waals surface area contributed by atoms with Crippen molar-refractivity contribution in [1.82, 2.24) is 0 Å². The van der Waals surface area contributed by atoms with Gasteiger partial charge in [-0.1, -0.05) is 24.3 Å². The number of phenols is 1. The normalized spacial score (nSPS) is 10.0. The van der Waals surface area contributed by atoms with E-state index < -0.39 is 5.97 Å². The third kappa shape index (κ3) is 6.49. The number of methoxy groups -OCH3 is 2. The molecule has 0 amide bonds. The number of hydrogen-bond donors (Lipinski definition) is 2. The Bertz CT molecular complexity index is 699. The van der Waals surface area contributed by atoms with E-state index in [1.54, 1.807) is 20.3 Å². The second-order valence-electron chi connectivity index (χ2n) is 4.68. The zero-order chi connectivity index (χ0) is 18.1. The van der Waals surface area contributed by atoms with E-state index in [2.05, 4.69) is 22.6 Å². The van der Waals surface area contributed by atoms with Gasteiger partial charge in [-0.3, -0.25) is 4.79 Å². The van der Waals surface area contributed by atoms with Gasteiger partial charge in [-0.2, -0.15) is 0 Å². The summed E-state index contributed by atoms with van der Waals surface area (Å²) in [5.41, 5.74) is 1.94. The number of ether oxygens (including phenoxy) is 2. The summed E-state index contributed by atoms with van der Waals surface area (Å²) in [4.78, 5) is 9.00. The van der Waals surface area contributed by atoms with Crippen molar-refractivity contribution in [3.05, 3.63) is 51.1 Å². The van der Waals surface area contributed by atoms with Crippen molar-refractivity contribution in [3.63, 3.8) is 0 Å². The first-order chi connectivity index (χ1) is 11.4. The molecule has 0 heterocycles. The van der Waals surface area contributed by atoms with E-state index in [1.165, 1.54) is 0 Å². The van der Waals surface area contributed by atoms with Gasteiger partial charge in [-0.25, -0.2) is 0 Å². The number of carbonyl (C=O) groups is 1. The number of benzene rings is 2. The van der Waals surface area contributed by atoms with Crippen LogP contribution < -0.4 is 9.47 Å². The van der Waals surface area contributed by atoms with E-state index in [1.807, 2.05) is 42.5 Å². The lowest BCUT2D eigenvalue weighted by molar-refractivity contribution is -0.134. The summed E-state index contributed by atoms with van der Waals surface area (Å²) in [6, 6.07) is 11.1. The quantitative estimate of drug-likeness (QED) is 0.547. The molecule has 0 fully saturated rings. The fourth-order valence-corrected chi connectivity index (χ4v) is 2.32. The lowest BCUT2D eigenvalue weighted by Crippen LogP contribution is -1.88. The highest BCUT2D eigenvalue weighted by molar-refractivity contribution is 14.1. The summed E-state index contributed by atoms with van der Waals surface area (Å²) < 4.78 is 11.3. The highest BCUT2D eigenvalue weighted by Crippen LogP contribution is 2.26. The van der Waals surface area contributed by atoms with Crippen LogP contribution in [0.15, 0.2) is 36.4 Å². The predicted molar refractivity (Wildman–Crippen MR) is 103 cm³/mol. The van der Waals surface area contributed by atoms with E-state index in [4.69, 9.17) is 19.4 Å². The highest BCUT2D eigenvalue weighted by Gasteiger charge is 2.02. The Balaban J connectivity index is 0.000000648. The fraction of sp³-hybridized carbons (Fsp3) is 0.167. The summed E-state index contributed by atoms with van der Waals surface area (Å²) in [5, 5.41) is 17.1. The minimum Gasteiger partial charge on any atom is -0.507 e. The molecule has 0 aliphatic rings. The van der Waals surface area contributed by atoms with Crippen molar-refractivity contribution >= 4 is 40.7 Å². The van der Waals surface area contributed by atoms with Crippen molar-refractivity contribution in [2.75, 3.05) is 14.2 Å². The molecule has 2 rings (SSSR count). The van der Waals surface area contributed by atoms with Crippen LogP contribution in [0.3, 0.4) is 0 Å². The van der Waals surface area contributed by atoms with Gasteiger partial charge in [-0.15, -0.1) is 0 Å². The molecule has 5 nitrogen and oxygen atoms in total. The van der Waals surface area contributed by atoms with Crippen LogP contribution in [0.2, 0.25) is 0 Å². The van der Waals surface area contributed by atoms with Gasteiger partial charge >= 0.3 is 0 Å². The van der Waals surface area contributed by atoms with E-state index in [0.717, 1.165) is 33.1 Å². The molecule has 0 atom stereocenters. The topological polar surface area (TPSA) is 76.0 Å². The summed E-state index contributed by atoms with van der Waals surface area (Å²) in [5.74, 6) is 0.945. The Kier molecular flexibility index (Phi) is 8.11. The Morgan fingerprint density at radius 3 is 2.12 bits per heavy atom. The second kappa shape index (κ2) is 9.82. The number of phenolic OH excluding ortho intramolecular Hbond substituents is 1. The summed E-state index contributed by atoms with van der Waals surface area (Å²) in [6.45, 7) is 1.08. The molecule has 0 aliphatic carbocycles. The molecule has 0 unspecified atom stereocenters. The number of carboxylic acids is 1. The Morgan fingerprint density at radius 1 is 1.08 bits per heavy atom. The number of hydrogen-bond acceptors (Lipinski definition) is 4. The molecule has 0 radical (unpaired) electrons. The van der Waals surface area contributed by atoms with E-state index >= 15 is 0 Å². The molecule has 6 heteroatoms. The number of carboxylic acid groups (broad SMARTS) is 1. The summed E-state index contributed by atoms with van der Waals surface area (Å²) in [6.07, 6.45) is 3.91. The van der Waals surface area contributed by atoms with Crippen molar-refractivity contribution in [1.29, 1.82) is 0 Å². The first kappa shape index (κ1) is 19.8. The SMILES string of the molecule is CC(=O)O.COc1cc(C=Cc2cccc(O)c2I)cc(OC)c1. The van der Waals surface area contributed by atoms with Gasteiger partial charge in [-0.05, 0) is 51.9 Å². The van der Waals surface area contributed by atoms with Gasteiger partial charge in [0, 0.05) is 13.0 Å². The molecule has 24 heavy (non-hydrogen) atoms. The molecule has 0 bridgehead atoms. The number of rotatable bonds is 4. The highest BCUT2D eigenvalue weighted by atomic mass is 127. The molecule has 2 aromatic carbocycles. The lowest BCUT2D eigenvalue weighted by atomic mass is 10.1. The maximum absolute atomic E-state index is 9.68. The monoisotopic (exact) mass is 442 g/mol. The average molecular weight is 442 g/mol. The molecule has 2 N–H and O–H groups in total. The predicted octanol–water partition coefficient (Wildman–Crippen LogP) is 4.28. The third-order valence-corrected chi connectivity index (χ3v) is 4.01. The molecule has 0 saturated carbocycles. The molecule has 0 spiro atoms. The van der Waals surface area contributed by atoms with Crippen LogP contribution in [0, 0.1) is 3.57 Å². The van der Waals surface area contributed by atoms with E-state index in [0.29, 0.717) is 0 Å². The zero-order valence-corrected chi connectivity index (χ0v) is 15.8. The lowest BCUT2D eigenvalue weighted by Gasteiger charge is -2.06. The first-order valence-electron chi connectivity index (χ1n) is 6.95. The smallest absolute Gasteiger partial charge is 0.300 e. The maximum atomic E-state index is 9.68. The number of aliphatic carboxylic acids is 1. The van der Waals surface area contributed by atoms with Crippen molar-refractivity contribution in [2.45, 2.75) is 6.92 Å². The van der Waals surface area contributed by atoms with Gasteiger partial charge in [0.15, 0.2) is 0 Å². The Labute approximate surface area is 154 Å². The molecular weight excluding hydrogens is 423 g/mol. The van der Waals surface area contributed by atoms with Crippen molar-refractivity contribution < 1.29 is 24.5 Å². The molecule has 0 aromatic heterocycles. The van der Waals surface area contributed by atoms with Crippen LogP contribution in [0.25, 0.3) is 12.2 Å². The van der Waals surface area contributed by atoms with Gasteiger partial charge in [0.25, 0.3) is 5.97 Å². The van der Waals surface area contributed by atoms with Crippen LogP contribution >= 0.6 is 22.6 Å². The first-order valence-corrected chi connectivity index (χ1v) is 8.03. The van der Waals surface area contributed by atoms with Gasteiger partial charge < -0.3 is 19.7 Å². The van der Waals surface area contributed by atoms with Gasteiger partial charge in [0.1, 0.15) is 17.2 Å². The Morgan fingerprint density at radius 2 is 1.62 bits per heavy atom. The van der Waals surface area contributed by atoms with Gasteiger partial charge in [0.2, 0.25) is 0 Å². The van der Waals surface area contributed by atoms with Crippen LogP contribution in [-0.2, 0) is 4.79 Å². The van der Waals surface area contributed by atoms with Crippen LogP contribution in [0.4, 0.5) is 0 Å². The fourth-order valence-electron chi connectivity index (χ4n) is 1.78. The molecule has 0 aliphatic heterocycles. The van der Waals surface area contributed by atoms with E-state index in [-0.39, 0.29) is 5.75 Å². The Hall–Kier alpha value is -2.22. The van der Waals surface area contributed by atoms with Crippen LogP contribution in [0.1, 0.15) is 18.1 Å². The third-order valence-electron chi connectivity index (χ3n) is 2.84. The largest absolute Gasteiger partial charge is 0.507 e. The summed E-state index contributed by atoms with van der Waals surface area (Å²) in [7, 11) is 3.25. The van der Waals surface area contributed by atoms with E-state index in [9.17, 15) is 5.11 Å². The minimum absolute atomic E-state index is 0.288. The number of halogens is 1. The molecule has 0 saturated heterocycles. The van der Waals surface area contributed by atoms with Crippen molar-refractivity contribution in [2.24, 2.45) is 0 Å². The number of aromatic hydroxyl groups is 1.